The molecule has 0 saturated heterocycles. The predicted molar refractivity (Wildman–Crippen MR) is 75.6 cm³/mol. The number of ether oxygens (including phenoxy) is 2. The fourth-order valence-electron chi connectivity index (χ4n) is 3.03. The van der Waals surface area contributed by atoms with Gasteiger partial charge < -0.3 is 15.2 Å². The third-order valence-corrected chi connectivity index (χ3v) is 4.17. The molecule has 19 heavy (non-hydrogen) atoms. The minimum absolute atomic E-state index is 0.605. The molecule has 4 nitrogen and oxygen atoms in total. The van der Waals surface area contributed by atoms with Gasteiger partial charge in [-0.15, -0.1) is 0 Å². The average molecular weight is 262 g/mol. The molecule has 0 aromatic heterocycles. The fourth-order valence-corrected chi connectivity index (χ4v) is 3.03. The lowest BCUT2D eigenvalue weighted by Crippen LogP contribution is -2.29. The normalized spacial score (nSPS) is 19.1. The first-order valence-corrected chi connectivity index (χ1v) is 7.12. The van der Waals surface area contributed by atoms with Gasteiger partial charge in [0.15, 0.2) is 11.5 Å². The van der Waals surface area contributed by atoms with Gasteiger partial charge in [-0.2, -0.15) is 0 Å². The van der Waals surface area contributed by atoms with E-state index in [1.807, 2.05) is 12.1 Å². The molecule has 1 saturated carbocycles. The van der Waals surface area contributed by atoms with Gasteiger partial charge >= 0.3 is 0 Å². The summed E-state index contributed by atoms with van der Waals surface area (Å²) >= 11 is 0. The van der Waals surface area contributed by atoms with Crippen molar-refractivity contribution in [3.8, 4) is 11.5 Å². The summed E-state index contributed by atoms with van der Waals surface area (Å²) in [5, 5.41) is 0. The summed E-state index contributed by atoms with van der Waals surface area (Å²) in [6.45, 7) is 2.11. The molecule has 0 unspecified atom stereocenters. The summed E-state index contributed by atoms with van der Waals surface area (Å²) in [6.07, 6.45) is 5.32. The molecule has 1 fully saturated rings. The van der Waals surface area contributed by atoms with Crippen LogP contribution >= 0.6 is 0 Å². The molecule has 0 radical (unpaired) electrons. The standard InChI is InChI=1S/C15H22N2O2/c1-17(12-4-2-3-5-12)10-11-8-14-15(9-13(11)16)19-7-6-18-14/h8-9,12H,2-7,10,16H2,1H3. The van der Waals surface area contributed by atoms with Gasteiger partial charge in [0.25, 0.3) is 0 Å². The summed E-state index contributed by atoms with van der Waals surface area (Å²) < 4.78 is 11.2. The van der Waals surface area contributed by atoms with Crippen molar-refractivity contribution in [1.29, 1.82) is 0 Å². The van der Waals surface area contributed by atoms with E-state index in [1.54, 1.807) is 0 Å². The van der Waals surface area contributed by atoms with Crippen molar-refractivity contribution in [3.05, 3.63) is 17.7 Å². The van der Waals surface area contributed by atoms with E-state index in [1.165, 1.54) is 25.7 Å². The highest BCUT2D eigenvalue weighted by atomic mass is 16.6. The van der Waals surface area contributed by atoms with Gasteiger partial charge in [0, 0.05) is 24.3 Å². The summed E-state index contributed by atoms with van der Waals surface area (Å²) in [4.78, 5) is 2.41. The predicted octanol–water partition coefficient (Wildman–Crippen LogP) is 2.41. The van der Waals surface area contributed by atoms with E-state index < -0.39 is 0 Å². The highest BCUT2D eigenvalue weighted by Gasteiger charge is 2.21. The van der Waals surface area contributed by atoms with Gasteiger partial charge in [0.05, 0.1) is 0 Å². The lowest BCUT2D eigenvalue weighted by atomic mass is 10.1. The molecule has 2 aliphatic rings. The Balaban J connectivity index is 1.76. The van der Waals surface area contributed by atoms with Crippen molar-refractivity contribution in [2.75, 3.05) is 26.0 Å². The number of nitrogens with two attached hydrogens (primary N) is 1. The minimum Gasteiger partial charge on any atom is -0.486 e. The van der Waals surface area contributed by atoms with Crippen molar-refractivity contribution in [2.45, 2.75) is 38.3 Å². The van der Waals surface area contributed by atoms with Crippen molar-refractivity contribution in [3.63, 3.8) is 0 Å². The van der Waals surface area contributed by atoms with Crippen LogP contribution in [0, 0.1) is 0 Å². The van der Waals surface area contributed by atoms with Gasteiger partial charge in [-0.3, -0.25) is 4.90 Å². The minimum atomic E-state index is 0.605. The van der Waals surface area contributed by atoms with Crippen LogP contribution in [0.2, 0.25) is 0 Å². The second kappa shape index (κ2) is 5.29. The second-order valence-corrected chi connectivity index (χ2v) is 5.55. The molecule has 1 heterocycles. The summed E-state index contributed by atoms with van der Waals surface area (Å²) in [5.74, 6) is 1.60. The zero-order chi connectivity index (χ0) is 13.2. The molecular formula is C15H22N2O2. The van der Waals surface area contributed by atoms with Crippen molar-refractivity contribution in [2.24, 2.45) is 0 Å². The Hall–Kier alpha value is -1.42. The quantitative estimate of drug-likeness (QED) is 0.850. The largest absolute Gasteiger partial charge is 0.486 e. The van der Waals surface area contributed by atoms with Crippen LogP contribution in [0.25, 0.3) is 0 Å². The molecule has 104 valence electrons. The highest BCUT2D eigenvalue weighted by Crippen LogP contribution is 2.35. The molecule has 0 spiro atoms. The number of anilines is 1. The maximum atomic E-state index is 6.13. The zero-order valence-electron chi connectivity index (χ0n) is 11.5. The Labute approximate surface area is 114 Å². The first-order chi connectivity index (χ1) is 9.24. The van der Waals surface area contributed by atoms with E-state index in [0.717, 1.165) is 29.3 Å². The zero-order valence-corrected chi connectivity index (χ0v) is 11.5. The number of hydrogen-bond donors (Lipinski definition) is 1. The molecule has 0 bridgehead atoms. The molecule has 1 aliphatic carbocycles. The molecule has 1 aliphatic heterocycles. The maximum Gasteiger partial charge on any atom is 0.163 e. The molecule has 2 N–H and O–H groups in total. The number of hydrogen-bond acceptors (Lipinski definition) is 4. The van der Waals surface area contributed by atoms with Crippen LogP contribution < -0.4 is 15.2 Å². The van der Waals surface area contributed by atoms with Gasteiger partial charge in [0.2, 0.25) is 0 Å². The van der Waals surface area contributed by atoms with Crippen LogP contribution in [0.3, 0.4) is 0 Å². The second-order valence-electron chi connectivity index (χ2n) is 5.55. The van der Waals surface area contributed by atoms with E-state index >= 15 is 0 Å². The van der Waals surface area contributed by atoms with E-state index in [9.17, 15) is 0 Å². The molecule has 4 heteroatoms. The average Bonchev–Trinajstić information content (AvgIpc) is 2.93. The third-order valence-electron chi connectivity index (χ3n) is 4.17. The Morgan fingerprint density at radius 3 is 2.47 bits per heavy atom. The summed E-state index contributed by atoms with van der Waals surface area (Å²) in [5.41, 5.74) is 8.07. The Kier molecular flexibility index (Phi) is 3.51. The monoisotopic (exact) mass is 262 g/mol. The SMILES string of the molecule is CN(Cc1cc2c(cc1N)OCCO2)C1CCCC1. The van der Waals surface area contributed by atoms with Crippen molar-refractivity contribution in [1.82, 2.24) is 4.90 Å². The number of fused-ring (bicyclic) bond motifs is 1. The summed E-state index contributed by atoms with van der Waals surface area (Å²) in [6, 6.07) is 4.63. The number of nitrogen functional groups attached to an aromatic ring is 1. The number of rotatable bonds is 3. The number of nitrogens with zero attached hydrogens (tertiary/aromatic N) is 1. The van der Waals surface area contributed by atoms with E-state index in [-0.39, 0.29) is 0 Å². The van der Waals surface area contributed by atoms with Crippen LogP contribution in [0.15, 0.2) is 12.1 Å². The van der Waals surface area contributed by atoms with E-state index in [2.05, 4.69) is 11.9 Å². The third kappa shape index (κ3) is 2.63. The molecule has 0 amide bonds. The van der Waals surface area contributed by atoms with E-state index in [0.29, 0.717) is 19.3 Å². The molecular weight excluding hydrogens is 240 g/mol. The first-order valence-electron chi connectivity index (χ1n) is 7.12. The fraction of sp³-hybridized carbons (Fsp3) is 0.600. The topological polar surface area (TPSA) is 47.7 Å². The van der Waals surface area contributed by atoms with Crippen LogP contribution in [0.1, 0.15) is 31.2 Å². The van der Waals surface area contributed by atoms with Crippen molar-refractivity contribution >= 4 is 5.69 Å². The molecule has 1 aromatic carbocycles. The summed E-state index contributed by atoms with van der Waals surface area (Å²) in [7, 11) is 2.19. The van der Waals surface area contributed by atoms with Crippen molar-refractivity contribution < 1.29 is 9.47 Å². The molecule has 1 aromatic rings. The first kappa shape index (κ1) is 12.6. The lowest BCUT2D eigenvalue weighted by Gasteiger charge is -2.26. The Morgan fingerprint density at radius 1 is 1.16 bits per heavy atom. The van der Waals surface area contributed by atoms with Gasteiger partial charge in [0.1, 0.15) is 13.2 Å². The van der Waals surface area contributed by atoms with Crippen LogP contribution in [0.4, 0.5) is 5.69 Å². The lowest BCUT2D eigenvalue weighted by molar-refractivity contribution is 0.171. The number of benzene rings is 1. The van der Waals surface area contributed by atoms with Gasteiger partial charge in [-0.25, -0.2) is 0 Å². The highest BCUT2D eigenvalue weighted by molar-refractivity contribution is 5.58. The van der Waals surface area contributed by atoms with E-state index in [4.69, 9.17) is 15.2 Å². The Bertz CT molecular complexity index is 456. The maximum absolute atomic E-state index is 6.13. The van der Waals surface area contributed by atoms with Gasteiger partial charge in [-0.1, -0.05) is 12.8 Å². The van der Waals surface area contributed by atoms with Crippen LogP contribution in [-0.4, -0.2) is 31.2 Å². The Morgan fingerprint density at radius 2 is 1.79 bits per heavy atom. The molecule has 3 rings (SSSR count). The van der Waals surface area contributed by atoms with Gasteiger partial charge in [-0.05, 0) is 31.5 Å². The van der Waals surface area contributed by atoms with Crippen LogP contribution in [0.5, 0.6) is 11.5 Å². The molecule has 0 atom stereocenters. The van der Waals surface area contributed by atoms with Crippen LogP contribution in [-0.2, 0) is 6.54 Å². The smallest absolute Gasteiger partial charge is 0.163 e.